The van der Waals surface area contributed by atoms with E-state index in [0.717, 1.165) is 17.7 Å². The first-order valence-electron chi connectivity index (χ1n) is 5.67. The molecule has 0 saturated carbocycles. The highest BCUT2D eigenvalue weighted by molar-refractivity contribution is 5.66. The molecule has 0 radical (unpaired) electrons. The van der Waals surface area contributed by atoms with E-state index >= 15 is 0 Å². The number of carboxylic acid groups (broad SMARTS) is 1. The van der Waals surface area contributed by atoms with E-state index in [1.807, 2.05) is 6.92 Å². The minimum Gasteiger partial charge on any atom is -0.481 e. The van der Waals surface area contributed by atoms with Crippen molar-refractivity contribution >= 4 is 5.97 Å². The van der Waals surface area contributed by atoms with Crippen LogP contribution in [0.15, 0.2) is 24.3 Å². The van der Waals surface area contributed by atoms with Gasteiger partial charge in [0.2, 0.25) is 0 Å². The van der Waals surface area contributed by atoms with Gasteiger partial charge in [-0.3, -0.25) is 4.79 Å². The predicted octanol–water partition coefficient (Wildman–Crippen LogP) is 3.75. The largest absolute Gasteiger partial charge is 0.481 e. The van der Waals surface area contributed by atoms with Crippen LogP contribution in [0.25, 0.3) is 0 Å². The van der Waals surface area contributed by atoms with Crippen molar-refractivity contribution in [3.8, 4) is 0 Å². The molecule has 1 atom stereocenters. The van der Waals surface area contributed by atoms with Gasteiger partial charge in [0.05, 0.1) is 5.56 Å². The number of halogens is 3. The molecule has 1 aromatic rings. The van der Waals surface area contributed by atoms with Crippen LogP contribution in [0.4, 0.5) is 13.2 Å². The Hall–Kier alpha value is -1.52. The maximum absolute atomic E-state index is 12.3. The van der Waals surface area contributed by atoms with Gasteiger partial charge >= 0.3 is 12.1 Å². The summed E-state index contributed by atoms with van der Waals surface area (Å²) in [6.07, 6.45) is -3.11. The predicted molar refractivity (Wildman–Crippen MR) is 61.2 cm³/mol. The van der Waals surface area contributed by atoms with Gasteiger partial charge in [0, 0.05) is 6.42 Å². The van der Waals surface area contributed by atoms with Crippen molar-refractivity contribution in [1.29, 1.82) is 0 Å². The number of hydrogen-bond acceptors (Lipinski definition) is 1. The fourth-order valence-electron chi connectivity index (χ4n) is 1.70. The van der Waals surface area contributed by atoms with E-state index in [-0.39, 0.29) is 12.3 Å². The molecule has 0 aliphatic heterocycles. The highest BCUT2D eigenvalue weighted by atomic mass is 19.4. The normalized spacial score (nSPS) is 13.3. The van der Waals surface area contributed by atoms with Crippen LogP contribution in [-0.4, -0.2) is 11.1 Å². The number of rotatable bonds is 5. The number of aliphatic carboxylic acids is 1. The van der Waals surface area contributed by atoms with Crippen LogP contribution in [0.1, 0.15) is 30.9 Å². The summed E-state index contributed by atoms with van der Waals surface area (Å²) in [6, 6.07) is 5.00. The Bertz CT molecular complexity index is 396. The van der Waals surface area contributed by atoms with E-state index in [4.69, 9.17) is 5.11 Å². The molecule has 0 aliphatic rings. The van der Waals surface area contributed by atoms with Crippen LogP contribution < -0.4 is 0 Å². The summed E-state index contributed by atoms with van der Waals surface area (Å²) in [5.74, 6) is -0.716. The van der Waals surface area contributed by atoms with Crippen LogP contribution in [0.5, 0.6) is 0 Å². The molecular weight excluding hydrogens is 245 g/mol. The van der Waals surface area contributed by atoms with Crippen molar-refractivity contribution in [3.05, 3.63) is 35.4 Å². The third-order valence-corrected chi connectivity index (χ3v) is 2.72. The monoisotopic (exact) mass is 260 g/mol. The van der Waals surface area contributed by atoms with E-state index in [0.29, 0.717) is 12.8 Å². The van der Waals surface area contributed by atoms with E-state index in [2.05, 4.69) is 0 Å². The van der Waals surface area contributed by atoms with Crippen molar-refractivity contribution in [3.63, 3.8) is 0 Å². The van der Waals surface area contributed by atoms with Crippen molar-refractivity contribution < 1.29 is 23.1 Å². The third kappa shape index (κ3) is 4.77. The zero-order valence-electron chi connectivity index (χ0n) is 10.00. The summed E-state index contributed by atoms with van der Waals surface area (Å²) in [7, 11) is 0. The molecule has 0 fully saturated rings. The Morgan fingerprint density at radius 1 is 1.28 bits per heavy atom. The highest BCUT2D eigenvalue weighted by Crippen LogP contribution is 2.29. The Morgan fingerprint density at radius 2 is 1.83 bits per heavy atom. The van der Waals surface area contributed by atoms with Gasteiger partial charge in [-0.25, -0.2) is 0 Å². The Kier molecular flexibility index (Phi) is 4.76. The van der Waals surface area contributed by atoms with Gasteiger partial charge in [0.1, 0.15) is 0 Å². The first-order valence-corrected chi connectivity index (χ1v) is 5.67. The van der Waals surface area contributed by atoms with Gasteiger partial charge in [-0.2, -0.15) is 13.2 Å². The third-order valence-electron chi connectivity index (χ3n) is 2.72. The second kappa shape index (κ2) is 5.89. The molecule has 1 rings (SSSR count). The fraction of sp³-hybridized carbons (Fsp3) is 0.462. The summed E-state index contributed by atoms with van der Waals surface area (Å²) in [5.41, 5.74) is 0.130. The fourth-order valence-corrected chi connectivity index (χ4v) is 1.70. The molecule has 0 aromatic heterocycles. The molecule has 2 nitrogen and oxygen atoms in total. The maximum Gasteiger partial charge on any atom is 0.416 e. The molecule has 1 N–H and O–H groups in total. The van der Waals surface area contributed by atoms with Crippen molar-refractivity contribution in [2.24, 2.45) is 5.92 Å². The van der Waals surface area contributed by atoms with Gasteiger partial charge < -0.3 is 5.11 Å². The minimum atomic E-state index is -4.31. The number of alkyl halides is 3. The lowest BCUT2D eigenvalue weighted by Crippen LogP contribution is -2.06. The quantitative estimate of drug-likeness (QED) is 0.875. The molecule has 0 saturated heterocycles. The van der Waals surface area contributed by atoms with E-state index in [9.17, 15) is 18.0 Å². The first-order chi connectivity index (χ1) is 8.29. The average Bonchev–Trinajstić information content (AvgIpc) is 2.26. The molecule has 0 bridgehead atoms. The molecule has 0 spiro atoms. The highest BCUT2D eigenvalue weighted by Gasteiger charge is 2.29. The van der Waals surface area contributed by atoms with Crippen LogP contribution in [-0.2, 0) is 17.4 Å². The molecule has 18 heavy (non-hydrogen) atoms. The lowest BCUT2D eigenvalue weighted by atomic mass is 9.96. The number of carboxylic acids is 1. The van der Waals surface area contributed by atoms with E-state index < -0.39 is 17.7 Å². The molecule has 1 aromatic carbocycles. The average molecular weight is 260 g/mol. The molecule has 0 amide bonds. The molecule has 5 heteroatoms. The Morgan fingerprint density at radius 3 is 2.28 bits per heavy atom. The van der Waals surface area contributed by atoms with Crippen LogP contribution >= 0.6 is 0 Å². The van der Waals surface area contributed by atoms with Crippen LogP contribution in [0.2, 0.25) is 0 Å². The Balaban J connectivity index is 2.56. The lowest BCUT2D eigenvalue weighted by Gasteiger charge is -2.11. The summed E-state index contributed by atoms with van der Waals surface area (Å²) in [6.45, 7) is 1.89. The minimum absolute atomic E-state index is 0.0851. The SMILES string of the molecule is C[C@H](CCC(=O)O)Cc1ccc(C(F)(F)F)cc1. The summed E-state index contributed by atoms with van der Waals surface area (Å²) in [5, 5.41) is 8.53. The molecular formula is C13H15F3O2. The molecule has 0 aliphatic carbocycles. The van der Waals surface area contributed by atoms with Crippen molar-refractivity contribution in [1.82, 2.24) is 0 Å². The molecule has 0 heterocycles. The topological polar surface area (TPSA) is 37.3 Å². The summed E-state index contributed by atoms with van der Waals surface area (Å²) >= 11 is 0. The van der Waals surface area contributed by atoms with Crippen molar-refractivity contribution in [2.75, 3.05) is 0 Å². The van der Waals surface area contributed by atoms with Crippen molar-refractivity contribution in [2.45, 2.75) is 32.4 Å². The van der Waals surface area contributed by atoms with E-state index in [1.165, 1.54) is 12.1 Å². The van der Waals surface area contributed by atoms with Crippen LogP contribution in [0, 0.1) is 5.92 Å². The number of hydrogen-bond donors (Lipinski definition) is 1. The van der Waals surface area contributed by atoms with Crippen LogP contribution in [0.3, 0.4) is 0 Å². The zero-order chi connectivity index (χ0) is 13.8. The maximum atomic E-state index is 12.3. The smallest absolute Gasteiger partial charge is 0.416 e. The zero-order valence-corrected chi connectivity index (χ0v) is 10.00. The van der Waals surface area contributed by atoms with Gasteiger partial charge in [-0.15, -0.1) is 0 Å². The van der Waals surface area contributed by atoms with Gasteiger partial charge in [0.25, 0.3) is 0 Å². The standard InChI is InChI=1S/C13H15F3O2/c1-9(2-7-12(17)18)8-10-3-5-11(6-4-10)13(14,15)16/h3-6,9H,2,7-8H2,1H3,(H,17,18)/t9-/m1/s1. The molecule has 100 valence electrons. The van der Waals surface area contributed by atoms with Gasteiger partial charge in [-0.1, -0.05) is 19.1 Å². The number of carbonyl (C=O) groups is 1. The first kappa shape index (κ1) is 14.5. The summed E-state index contributed by atoms with van der Waals surface area (Å²) < 4.78 is 37.0. The summed E-state index contributed by atoms with van der Waals surface area (Å²) in [4.78, 5) is 10.4. The second-order valence-corrected chi connectivity index (χ2v) is 4.44. The Labute approximate surface area is 103 Å². The van der Waals surface area contributed by atoms with Gasteiger partial charge in [0.15, 0.2) is 0 Å². The number of benzene rings is 1. The van der Waals surface area contributed by atoms with Gasteiger partial charge in [-0.05, 0) is 36.5 Å². The molecule has 0 unspecified atom stereocenters. The van der Waals surface area contributed by atoms with E-state index in [1.54, 1.807) is 0 Å². The lowest BCUT2D eigenvalue weighted by molar-refractivity contribution is -0.138. The second-order valence-electron chi connectivity index (χ2n) is 4.44.